The number of hydrogen-bond acceptors (Lipinski definition) is 6. The predicted octanol–water partition coefficient (Wildman–Crippen LogP) is 2.89. The van der Waals surface area contributed by atoms with Crippen LogP contribution in [0.3, 0.4) is 0 Å². The monoisotopic (exact) mass is 404 g/mol. The molecule has 0 radical (unpaired) electrons. The summed E-state index contributed by atoms with van der Waals surface area (Å²) in [4.78, 5) is 22.8. The molecule has 0 saturated carbocycles. The number of ketones is 1. The smallest absolute Gasteiger partial charge is 0.289 e. The normalized spacial score (nSPS) is 15.9. The first-order chi connectivity index (χ1) is 13.3. The Labute approximate surface area is 162 Å². The zero-order valence-electron chi connectivity index (χ0n) is 15.3. The van der Waals surface area contributed by atoms with Gasteiger partial charge in [0.15, 0.2) is 10.7 Å². The molecule has 3 rings (SSSR count). The minimum atomic E-state index is -4.00. The second-order valence-corrected chi connectivity index (χ2v) is 8.40. The lowest BCUT2D eigenvalue weighted by Gasteiger charge is -2.30. The molecule has 1 heterocycles. The maximum atomic E-state index is 12.9. The first-order valence-electron chi connectivity index (χ1n) is 8.76. The lowest BCUT2D eigenvalue weighted by molar-refractivity contribution is -0.387. The number of piperidine rings is 1. The second-order valence-electron chi connectivity index (χ2n) is 6.50. The molecule has 0 spiro atoms. The van der Waals surface area contributed by atoms with Gasteiger partial charge >= 0.3 is 0 Å². The molecular weight excluding hydrogens is 384 g/mol. The van der Waals surface area contributed by atoms with Crippen LogP contribution in [0.1, 0.15) is 23.2 Å². The number of benzene rings is 2. The molecule has 0 aliphatic carbocycles. The third kappa shape index (κ3) is 3.90. The zero-order valence-corrected chi connectivity index (χ0v) is 16.1. The molecule has 28 heavy (non-hydrogen) atoms. The van der Waals surface area contributed by atoms with E-state index in [1.165, 1.54) is 28.6 Å². The van der Waals surface area contributed by atoms with Gasteiger partial charge in [-0.3, -0.25) is 14.9 Å². The topological polar surface area (TPSA) is 107 Å². The van der Waals surface area contributed by atoms with Crippen LogP contribution in [0.25, 0.3) is 0 Å². The highest BCUT2D eigenvalue weighted by atomic mass is 32.2. The van der Waals surface area contributed by atoms with Crippen molar-refractivity contribution in [1.82, 2.24) is 4.31 Å². The highest BCUT2D eigenvalue weighted by molar-refractivity contribution is 7.89. The number of nitro groups is 1. The highest BCUT2D eigenvalue weighted by Crippen LogP contribution is 2.30. The van der Waals surface area contributed by atoms with Gasteiger partial charge in [0.2, 0.25) is 10.0 Å². The number of sulfonamides is 1. The van der Waals surface area contributed by atoms with Gasteiger partial charge in [-0.05, 0) is 43.2 Å². The third-order valence-electron chi connectivity index (χ3n) is 4.88. The Morgan fingerprint density at radius 3 is 2.29 bits per heavy atom. The summed E-state index contributed by atoms with van der Waals surface area (Å²) < 4.78 is 32.0. The number of nitrogens with zero attached hydrogens (tertiary/aromatic N) is 2. The van der Waals surface area contributed by atoms with E-state index in [9.17, 15) is 23.3 Å². The standard InChI is InChI=1S/C19H20N2O6S/c1-27-16-8-6-14(7-9-16)19(22)15-10-12-20(13-11-15)28(25,26)18-5-3-2-4-17(18)21(23)24/h2-9,15H,10-13H2,1H3. The van der Waals surface area contributed by atoms with E-state index in [0.29, 0.717) is 24.2 Å². The minimum Gasteiger partial charge on any atom is -0.497 e. The molecule has 0 N–H and O–H groups in total. The average Bonchev–Trinajstić information content (AvgIpc) is 2.73. The maximum absolute atomic E-state index is 12.9. The first-order valence-corrected chi connectivity index (χ1v) is 10.2. The van der Waals surface area contributed by atoms with Crippen molar-refractivity contribution in [3.63, 3.8) is 0 Å². The molecule has 8 nitrogen and oxygen atoms in total. The fraction of sp³-hybridized carbons (Fsp3) is 0.316. The van der Waals surface area contributed by atoms with E-state index in [2.05, 4.69) is 0 Å². The second kappa shape index (κ2) is 8.07. The Balaban J connectivity index is 1.72. The van der Waals surface area contributed by atoms with Crippen molar-refractivity contribution >= 4 is 21.5 Å². The number of para-hydroxylation sites is 1. The van der Waals surface area contributed by atoms with Gasteiger partial charge in [0, 0.05) is 30.6 Å². The maximum Gasteiger partial charge on any atom is 0.289 e. The fourth-order valence-electron chi connectivity index (χ4n) is 3.31. The molecule has 0 amide bonds. The van der Waals surface area contributed by atoms with Crippen molar-refractivity contribution in [2.45, 2.75) is 17.7 Å². The van der Waals surface area contributed by atoms with Gasteiger partial charge in [-0.2, -0.15) is 4.31 Å². The zero-order chi connectivity index (χ0) is 20.3. The molecule has 1 aliphatic rings. The molecular formula is C19H20N2O6S. The van der Waals surface area contributed by atoms with Gasteiger partial charge in [-0.15, -0.1) is 0 Å². The average molecular weight is 404 g/mol. The first kappa shape index (κ1) is 20.0. The van der Waals surface area contributed by atoms with E-state index in [0.717, 1.165) is 0 Å². The van der Waals surface area contributed by atoms with Gasteiger partial charge in [0.25, 0.3) is 5.69 Å². The van der Waals surface area contributed by atoms with E-state index in [1.54, 1.807) is 31.4 Å². The van der Waals surface area contributed by atoms with E-state index in [-0.39, 0.29) is 29.7 Å². The summed E-state index contributed by atoms with van der Waals surface area (Å²) in [5.41, 5.74) is 0.111. The molecule has 1 fully saturated rings. The van der Waals surface area contributed by atoms with Crippen molar-refractivity contribution in [1.29, 1.82) is 0 Å². The molecule has 0 atom stereocenters. The van der Waals surface area contributed by atoms with Crippen LogP contribution in [-0.2, 0) is 10.0 Å². The van der Waals surface area contributed by atoms with Crippen LogP contribution in [0, 0.1) is 16.0 Å². The number of carbonyl (C=O) groups excluding carboxylic acids is 1. The van der Waals surface area contributed by atoms with Crippen molar-refractivity contribution in [3.8, 4) is 5.75 Å². The van der Waals surface area contributed by atoms with Gasteiger partial charge in [0.1, 0.15) is 5.75 Å². The highest BCUT2D eigenvalue weighted by Gasteiger charge is 2.35. The van der Waals surface area contributed by atoms with Crippen molar-refractivity contribution in [3.05, 3.63) is 64.2 Å². The molecule has 2 aromatic rings. The molecule has 9 heteroatoms. The molecule has 0 bridgehead atoms. The van der Waals surface area contributed by atoms with Crippen LogP contribution in [-0.4, -0.2) is 43.6 Å². The van der Waals surface area contributed by atoms with Gasteiger partial charge in [0.05, 0.1) is 12.0 Å². The van der Waals surface area contributed by atoms with Gasteiger partial charge in [-0.1, -0.05) is 12.1 Å². The van der Waals surface area contributed by atoms with Gasteiger partial charge < -0.3 is 4.74 Å². The summed E-state index contributed by atoms with van der Waals surface area (Å²) in [6, 6.07) is 12.1. The molecule has 0 aromatic heterocycles. The Kier molecular flexibility index (Phi) is 5.76. The summed E-state index contributed by atoms with van der Waals surface area (Å²) in [5.74, 6) is 0.331. The minimum absolute atomic E-state index is 0.0367. The van der Waals surface area contributed by atoms with E-state index in [1.807, 2.05) is 0 Å². The SMILES string of the molecule is COc1ccc(C(=O)C2CCN(S(=O)(=O)c3ccccc3[N+](=O)[O-])CC2)cc1. The molecule has 148 valence electrons. The Hall–Kier alpha value is -2.78. The molecule has 1 saturated heterocycles. The molecule has 0 unspecified atom stereocenters. The lowest BCUT2D eigenvalue weighted by atomic mass is 9.89. The van der Waals surface area contributed by atoms with Crippen LogP contribution < -0.4 is 4.74 Å². The lowest BCUT2D eigenvalue weighted by Crippen LogP contribution is -2.40. The summed E-state index contributed by atoms with van der Waals surface area (Å²) in [5, 5.41) is 11.2. The van der Waals surface area contributed by atoms with E-state index < -0.39 is 20.6 Å². The van der Waals surface area contributed by atoms with Gasteiger partial charge in [-0.25, -0.2) is 8.42 Å². The molecule has 1 aliphatic heterocycles. The van der Waals surface area contributed by atoms with Crippen molar-refractivity contribution in [2.75, 3.05) is 20.2 Å². The van der Waals surface area contributed by atoms with Crippen molar-refractivity contribution < 1.29 is 22.9 Å². The number of ether oxygens (including phenoxy) is 1. The Morgan fingerprint density at radius 2 is 1.71 bits per heavy atom. The summed E-state index contributed by atoms with van der Waals surface area (Å²) in [6.45, 7) is 0.280. The van der Waals surface area contributed by atoms with Crippen LogP contribution >= 0.6 is 0 Å². The number of methoxy groups -OCH3 is 1. The van der Waals surface area contributed by atoms with Crippen LogP contribution in [0.4, 0.5) is 5.69 Å². The van der Waals surface area contributed by atoms with E-state index >= 15 is 0 Å². The number of hydrogen-bond donors (Lipinski definition) is 0. The van der Waals surface area contributed by atoms with Crippen LogP contribution in [0.5, 0.6) is 5.75 Å². The summed E-state index contributed by atoms with van der Waals surface area (Å²) in [7, 11) is -2.45. The summed E-state index contributed by atoms with van der Waals surface area (Å²) >= 11 is 0. The van der Waals surface area contributed by atoms with E-state index in [4.69, 9.17) is 4.74 Å². The quantitative estimate of drug-likeness (QED) is 0.416. The molecule has 2 aromatic carbocycles. The fourth-order valence-corrected chi connectivity index (χ4v) is 4.94. The Bertz CT molecular complexity index is 980. The summed E-state index contributed by atoms with van der Waals surface area (Å²) in [6.07, 6.45) is 0.732. The van der Waals surface area contributed by atoms with Crippen LogP contribution in [0.15, 0.2) is 53.4 Å². The van der Waals surface area contributed by atoms with Crippen molar-refractivity contribution in [2.24, 2.45) is 5.92 Å². The van der Waals surface area contributed by atoms with Crippen LogP contribution in [0.2, 0.25) is 0 Å². The number of Topliss-reactive ketones (excluding diaryl/α,β-unsaturated/α-hetero) is 1. The number of carbonyl (C=O) groups is 1. The number of rotatable bonds is 6. The predicted molar refractivity (Wildman–Crippen MR) is 102 cm³/mol. The Morgan fingerprint density at radius 1 is 1.11 bits per heavy atom. The third-order valence-corrected chi connectivity index (χ3v) is 6.83. The number of nitro benzene ring substituents is 1. The largest absolute Gasteiger partial charge is 0.497 e.